The Morgan fingerprint density at radius 2 is 0.821 bits per heavy atom. The van der Waals surface area contributed by atoms with Crippen molar-refractivity contribution in [2.45, 2.75) is 26.2 Å². The van der Waals surface area contributed by atoms with E-state index in [1.54, 1.807) is 0 Å². The summed E-state index contributed by atoms with van der Waals surface area (Å²) >= 11 is 0. The molecule has 0 fully saturated rings. The minimum Gasteiger partial charge on any atom is -0.0622 e. The Morgan fingerprint density at radius 1 is 0.429 bits per heavy atom. The van der Waals surface area contributed by atoms with Gasteiger partial charge < -0.3 is 0 Å². The molecule has 0 spiro atoms. The predicted molar refractivity (Wildman–Crippen MR) is 119 cm³/mol. The van der Waals surface area contributed by atoms with Crippen LogP contribution in [0.3, 0.4) is 0 Å². The SMILES string of the molecule is Cc1c(Cc2ccccc2)ccc(Cc2ccccc2)c1Cc1ccccc1. The zero-order valence-corrected chi connectivity index (χ0v) is 16.4. The molecule has 4 aromatic carbocycles. The molecule has 0 amide bonds. The summed E-state index contributed by atoms with van der Waals surface area (Å²) in [4.78, 5) is 0. The Labute approximate surface area is 168 Å². The lowest BCUT2D eigenvalue weighted by Gasteiger charge is -2.17. The topological polar surface area (TPSA) is 0 Å². The summed E-state index contributed by atoms with van der Waals surface area (Å²) < 4.78 is 0. The van der Waals surface area contributed by atoms with Crippen LogP contribution in [0.25, 0.3) is 0 Å². The highest BCUT2D eigenvalue weighted by Crippen LogP contribution is 2.26. The van der Waals surface area contributed by atoms with Crippen molar-refractivity contribution in [2.24, 2.45) is 0 Å². The lowest BCUT2D eigenvalue weighted by molar-refractivity contribution is 1.03. The van der Waals surface area contributed by atoms with Gasteiger partial charge >= 0.3 is 0 Å². The second-order valence-electron chi connectivity index (χ2n) is 7.47. The van der Waals surface area contributed by atoms with Crippen LogP contribution >= 0.6 is 0 Å². The molecule has 0 aliphatic carbocycles. The van der Waals surface area contributed by atoms with E-state index in [0.717, 1.165) is 19.3 Å². The van der Waals surface area contributed by atoms with Crippen LogP contribution in [0.4, 0.5) is 0 Å². The van der Waals surface area contributed by atoms with Gasteiger partial charge in [0.2, 0.25) is 0 Å². The highest BCUT2D eigenvalue weighted by Gasteiger charge is 2.12. The van der Waals surface area contributed by atoms with E-state index < -0.39 is 0 Å². The largest absolute Gasteiger partial charge is 0.0622 e. The predicted octanol–water partition coefficient (Wildman–Crippen LogP) is 6.77. The monoisotopic (exact) mass is 362 g/mol. The molecule has 138 valence electrons. The van der Waals surface area contributed by atoms with Crippen LogP contribution in [0.15, 0.2) is 103 Å². The fourth-order valence-electron chi connectivity index (χ4n) is 3.90. The normalized spacial score (nSPS) is 10.8. The molecule has 0 atom stereocenters. The van der Waals surface area contributed by atoms with Crippen molar-refractivity contribution < 1.29 is 0 Å². The highest BCUT2D eigenvalue weighted by molar-refractivity contribution is 5.46. The van der Waals surface area contributed by atoms with Crippen molar-refractivity contribution in [3.8, 4) is 0 Å². The molecule has 4 rings (SSSR count). The van der Waals surface area contributed by atoms with Gasteiger partial charge in [-0.3, -0.25) is 0 Å². The van der Waals surface area contributed by atoms with Crippen LogP contribution in [0, 0.1) is 6.92 Å². The third-order valence-corrected chi connectivity index (χ3v) is 5.51. The quantitative estimate of drug-likeness (QED) is 0.355. The smallest absolute Gasteiger partial charge is 0.00202 e. The van der Waals surface area contributed by atoms with Crippen molar-refractivity contribution in [1.29, 1.82) is 0 Å². The summed E-state index contributed by atoms with van der Waals surface area (Å²) in [6.45, 7) is 2.30. The summed E-state index contributed by atoms with van der Waals surface area (Å²) in [7, 11) is 0. The minimum atomic E-state index is 0.982. The molecule has 0 radical (unpaired) electrons. The summed E-state index contributed by atoms with van der Waals surface area (Å²) in [5, 5.41) is 0. The molecule has 0 saturated carbocycles. The van der Waals surface area contributed by atoms with Crippen LogP contribution in [0.5, 0.6) is 0 Å². The van der Waals surface area contributed by atoms with E-state index in [4.69, 9.17) is 0 Å². The molecule has 0 aromatic heterocycles. The van der Waals surface area contributed by atoms with E-state index in [9.17, 15) is 0 Å². The van der Waals surface area contributed by atoms with E-state index >= 15 is 0 Å². The molecule has 0 heteroatoms. The zero-order chi connectivity index (χ0) is 19.2. The number of hydrogen-bond donors (Lipinski definition) is 0. The first-order valence-electron chi connectivity index (χ1n) is 10.0. The summed E-state index contributed by atoms with van der Waals surface area (Å²) in [6, 6.07) is 37.0. The van der Waals surface area contributed by atoms with E-state index in [-0.39, 0.29) is 0 Å². The van der Waals surface area contributed by atoms with E-state index in [1.807, 2.05) is 0 Å². The molecule has 4 aromatic rings. The number of benzene rings is 4. The molecule has 0 aliphatic heterocycles. The Balaban J connectivity index is 1.71. The van der Waals surface area contributed by atoms with Crippen LogP contribution in [-0.4, -0.2) is 0 Å². The third-order valence-electron chi connectivity index (χ3n) is 5.51. The molecule has 0 bridgehead atoms. The molecular weight excluding hydrogens is 336 g/mol. The first-order chi connectivity index (χ1) is 13.8. The maximum absolute atomic E-state index is 2.34. The maximum atomic E-state index is 2.34. The van der Waals surface area contributed by atoms with Gasteiger partial charge in [0.25, 0.3) is 0 Å². The first-order valence-corrected chi connectivity index (χ1v) is 10.0. The summed E-state index contributed by atoms with van der Waals surface area (Å²) in [5.74, 6) is 0. The van der Waals surface area contributed by atoms with E-state index in [2.05, 4.69) is 110 Å². The number of rotatable bonds is 6. The van der Waals surface area contributed by atoms with Crippen LogP contribution in [0.2, 0.25) is 0 Å². The summed E-state index contributed by atoms with van der Waals surface area (Å²) in [6.07, 6.45) is 2.95. The van der Waals surface area contributed by atoms with E-state index in [1.165, 1.54) is 38.9 Å². The van der Waals surface area contributed by atoms with Crippen molar-refractivity contribution in [3.05, 3.63) is 142 Å². The first kappa shape index (κ1) is 18.3. The average molecular weight is 363 g/mol. The van der Waals surface area contributed by atoms with Gasteiger partial charge in [-0.15, -0.1) is 0 Å². The second kappa shape index (κ2) is 8.71. The van der Waals surface area contributed by atoms with Crippen molar-refractivity contribution >= 4 is 0 Å². The highest BCUT2D eigenvalue weighted by atomic mass is 14.2. The van der Waals surface area contributed by atoms with Gasteiger partial charge in [-0.05, 0) is 65.1 Å². The fraction of sp³-hybridized carbons (Fsp3) is 0.143. The minimum absolute atomic E-state index is 0.982. The molecule has 0 unspecified atom stereocenters. The lowest BCUT2D eigenvalue weighted by atomic mass is 9.87. The van der Waals surface area contributed by atoms with Gasteiger partial charge in [0.1, 0.15) is 0 Å². The van der Waals surface area contributed by atoms with E-state index in [0.29, 0.717) is 0 Å². The van der Waals surface area contributed by atoms with Gasteiger partial charge in [-0.2, -0.15) is 0 Å². The Morgan fingerprint density at radius 3 is 1.32 bits per heavy atom. The van der Waals surface area contributed by atoms with Gasteiger partial charge in [0, 0.05) is 0 Å². The molecular formula is C28H26. The van der Waals surface area contributed by atoms with Gasteiger partial charge in [-0.1, -0.05) is 103 Å². The molecule has 0 heterocycles. The molecule has 0 aliphatic rings. The second-order valence-corrected chi connectivity index (χ2v) is 7.47. The Hall–Kier alpha value is -3.12. The zero-order valence-electron chi connectivity index (χ0n) is 16.4. The number of hydrogen-bond acceptors (Lipinski definition) is 0. The van der Waals surface area contributed by atoms with Gasteiger partial charge in [0.05, 0.1) is 0 Å². The van der Waals surface area contributed by atoms with Gasteiger partial charge in [0.15, 0.2) is 0 Å². The van der Waals surface area contributed by atoms with Crippen LogP contribution < -0.4 is 0 Å². The summed E-state index contributed by atoms with van der Waals surface area (Å²) in [5.41, 5.74) is 9.87. The standard InChI is InChI=1S/C28H26/c1-22-26(19-23-11-5-2-6-12-23)17-18-27(20-24-13-7-3-8-14-24)28(22)21-25-15-9-4-10-16-25/h2-18H,19-21H2,1H3. The third kappa shape index (κ3) is 4.40. The Bertz CT molecular complexity index is 1020. The molecule has 0 nitrogen and oxygen atoms in total. The van der Waals surface area contributed by atoms with Crippen molar-refractivity contribution in [2.75, 3.05) is 0 Å². The molecule has 28 heavy (non-hydrogen) atoms. The van der Waals surface area contributed by atoms with Crippen LogP contribution in [-0.2, 0) is 19.3 Å². The van der Waals surface area contributed by atoms with Crippen molar-refractivity contribution in [3.63, 3.8) is 0 Å². The Kier molecular flexibility index (Phi) is 5.68. The average Bonchev–Trinajstić information content (AvgIpc) is 2.75. The fourth-order valence-corrected chi connectivity index (χ4v) is 3.90. The van der Waals surface area contributed by atoms with Crippen molar-refractivity contribution in [1.82, 2.24) is 0 Å². The molecule has 0 saturated heterocycles. The van der Waals surface area contributed by atoms with Gasteiger partial charge in [-0.25, -0.2) is 0 Å². The lowest BCUT2D eigenvalue weighted by Crippen LogP contribution is -2.04. The molecule has 0 N–H and O–H groups in total. The maximum Gasteiger partial charge on any atom is -0.00202 e. The van der Waals surface area contributed by atoms with Crippen LogP contribution in [0.1, 0.15) is 38.9 Å².